The summed E-state index contributed by atoms with van der Waals surface area (Å²) in [6, 6.07) is 9.73. The SMILES string of the molecule is CC.Nc1ccc(Nc2cc([N+](=O)[O-])ccn2)cc1. The van der Waals surface area contributed by atoms with Crippen molar-refractivity contribution in [2.45, 2.75) is 13.8 Å². The maximum Gasteiger partial charge on any atom is 0.274 e. The first-order valence-corrected chi connectivity index (χ1v) is 5.88. The molecule has 2 rings (SSSR count). The average Bonchev–Trinajstić information content (AvgIpc) is 2.44. The molecule has 0 saturated carbocycles. The minimum Gasteiger partial charge on any atom is -0.399 e. The third kappa shape index (κ3) is 4.27. The van der Waals surface area contributed by atoms with Crippen molar-refractivity contribution in [2.75, 3.05) is 11.1 Å². The standard InChI is InChI=1S/C11H10N4O2.C2H6/c12-8-1-3-9(4-2-8)14-11-7-10(15(16)17)5-6-13-11;1-2/h1-7H,12H2,(H,13,14);1-2H3. The van der Waals surface area contributed by atoms with Gasteiger partial charge in [0.1, 0.15) is 5.82 Å². The predicted molar refractivity (Wildman–Crippen MR) is 76.4 cm³/mol. The molecule has 0 aliphatic rings. The van der Waals surface area contributed by atoms with Crippen molar-refractivity contribution in [1.29, 1.82) is 0 Å². The van der Waals surface area contributed by atoms with Crippen LogP contribution < -0.4 is 11.1 Å². The molecule has 0 aliphatic heterocycles. The van der Waals surface area contributed by atoms with Gasteiger partial charge < -0.3 is 11.1 Å². The van der Waals surface area contributed by atoms with E-state index in [0.29, 0.717) is 11.5 Å². The Morgan fingerprint density at radius 3 is 2.42 bits per heavy atom. The molecule has 1 heterocycles. The molecule has 0 atom stereocenters. The molecule has 0 bridgehead atoms. The Morgan fingerprint density at radius 1 is 1.21 bits per heavy atom. The van der Waals surface area contributed by atoms with Gasteiger partial charge in [0.2, 0.25) is 0 Å². The van der Waals surface area contributed by atoms with Gasteiger partial charge in [-0.15, -0.1) is 0 Å². The van der Waals surface area contributed by atoms with E-state index in [4.69, 9.17) is 5.73 Å². The van der Waals surface area contributed by atoms with Gasteiger partial charge in [0, 0.05) is 23.6 Å². The fourth-order valence-electron chi connectivity index (χ4n) is 1.32. The molecule has 6 heteroatoms. The van der Waals surface area contributed by atoms with Crippen molar-refractivity contribution < 1.29 is 4.92 Å². The van der Waals surface area contributed by atoms with Crippen LogP contribution in [-0.4, -0.2) is 9.91 Å². The molecular formula is C13H16N4O2. The summed E-state index contributed by atoms with van der Waals surface area (Å²) >= 11 is 0. The third-order valence-electron chi connectivity index (χ3n) is 2.14. The zero-order valence-corrected chi connectivity index (χ0v) is 10.8. The number of aromatic nitrogens is 1. The minimum absolute atomic E-state index is 0.00190. The molecule has 0 spiro atoms. The molecule has 19 heavy (non-hydrogen) atoms. The van der Waals surface area contributed by atoms with E-state index in [1.165, 1.54) is 18.3 Å². The Hall–Kier alpha value is -2.63. The van der Waals surface area contributed by atoms with Crippen LogP contribution in [0, 0.1) is 10.1 Å². The Morgan fingerprint density at radius 2 is 1.84 bits per heavy atom. The summed E-state index contributed by atoms with van der Waals surface area (Å²) in [7, 11) is 0. The number of nitrogens with one attached hydrogen (secondary N) is 1. The van der Waals surface area contributed by atoms with E-state index in [1.807, 2.05) is 13.8 Å². The van der Waals surface area contributed by atoms with Gasteiger partial charge in [0.05, 0.1) is 11.0 Å². The maximum absolute atomic E-state index is 10.6. The van der Waals surface area contributed by atoms with E-state index in [0.717, 1.165) is 5.69 Å². The van der Waals surface area contributed by atoms with Gasteiger partial charge in [-0.3, -0.25) is 10.1 Å². The van der Waals surface area contributed by atoms with Crippen molar-refractivity contribution in [3.63, 3.8) is 0 Å². The van der Waals surface area contributed by atoms with Crippen LogP contribution in [0.4, 0.5) is 22.9 Å². The van der Waals surface area contributed by atoms with Gasteiger partial charge in [-0.2, -0.15) is 0 Å². The minimum atomic E-state index is -0.462. The molecule has 0 aliphatic carbocycles. The summed E-state index contributed by atoms with van der Waals surface area (Å²) in [5.74, 6) is 0.420. The van der Waals surface area contributed by atoms with E-state index >= 15 is 0 Å². The van der Waals surface area contributed by atoms with Crippen LogP contribution in [0.15, 0.2) is 42.6 Å². The first-order valence-electron chi connectivity index (χ1n) is 5.88. The summed E-state index contributed by atoms with van der Waals surface area (Å²) < 4.78 is 0. The van der Waals surface area contributed by atoms with E-state index in [9.17, 15) is 10.1 Å². The number of pyridine rings is 1. The van der Waals surface area contributed by atoms with E-state index in [1.54, 1.807) is 24.3 Å². The lowest BCUT2D eigenvalue weighted by atomic mass is 10.3. The maximum atomic E-state index is 10.6. The first kappa shape index (κ1) is 14.4. The lowest BCUT2D eigenvalue weighted by molar-refractivity contribution is -0.384. The van der Waals surface area contributed by atoms with Crippen molar-refractivity contribution >= 4 is 22.9 Å². The van der Waals surface area contributed by atoms with Gasteiger partial charge in [0.25, 0.3) is 5.69 Å². The zero-order valence-electron chi connectivity index (χ0n) is 10.8. The van der Waals surface area contributed by atoms with Gasteiger partial charge in [0.15, 0.2) is 0 Å². The number of benzene rings is 1. The quantitative estimate of drug-likeness (QED) is 0.501. The Labute approximate surface area is 111 Å². The Kier molecular flexibility index (Phi) is 5.28. The molecule has 100 valence electrons. The predicted octanol–water partition coefficient (Wildman–Crippen LogP) is 3.34. The second-order valence-electron chi connectivity index (χ2n) is 3.40. The Balaban J connectivity index is 0.000000861. The summed E-state index contributed by atoms with van der Waals surface area (Å²) in [4.78, 5) is 14.1. The summed E-state index contributed by atoms with van der Waals surface area (Å²) in [6.07, 6.45) is 1.39. The van der Waals surface area contributed by atoms with Crippen molar-refractivity contribution in [3.05, 3.63) is 52.7 Å². The molecule has 6 nitrogen and oxygen atoms in total. The van der Waals surface area contributed by atoms with Crippen LogP contribution >= 0.6 is 0 Å². The van der Waals surface area contributed by atoms with Crippen LogP contribution in [-0.2, 0) is 0 Å². The number of rotatable bonds is 3. The number of hydrogen-bond acceptors (Lipinski definition) is 5. The molecule has 0 unspecified atom stereocenters. The number of hydrogen-bond donors (Lipinski definition) is 2. The molecule has 1 aromatic heterocycles. The highest BCUT2D eigenvalue weighted by Gasteiger charge is 2.06. The molecule has 0 radical (unpaired) electrons. The third-order valence-corrected chi connectivity index (χ3v) is 2.14. The van der Waals surface area contributed by atoms with E-state index < -0.39 is 4.92 Å². The van der Waals surface area contributed by atoms with Crippen molar-refractivity contribution in [3.8, 4) is 0 Å². The van der Waals surface area contributed by atoms with E-state index in [2.05, 4.69) is 10.3 Å². The largest absolute Gasteiger partial charge is 0.399 e. The van der Waals surface area contributed by atoms with Gasteiger partial charge in [-0.05, 0) is 24.3 Å². The highest BCUT2D eigenvalue weighted by atomic mass is 16.6. The van der Waals surface area contributed by atoms with Crippen LogP contribution in [0.1, 0.15) is 13.8 Å². The molecule has 0 amide bonds. The first-order chi connectivity index (χ1) is 9.15. The van der Waals surface area contributed by atoms with Crippen molar-refractivity contribution in [1.82, 2.24) is 4.98 Å². The molecule has 0 saturated heterocycles. The number of nitrogens with two attached hydrogens (primary N) is 1. The van der Waals surface area contributed by atoms with Crippen LogP contribution in [0.25, 0.3) is 0 Å². The molecular weight excluding hydrogens is 244 g/mol. The van der Waals surface area contributed by atoms with Crippen LogP contribution in [0.5, 0.6) is 0 Å². The van der Waals surface area contributed by atoms with Crippen LogP contribution in [0.2, 0.25) is 0 Å². The Bertz CT molecular complexity index is 541. The number of anilines is 3. The molecule has 3 N–H and O–H groups in total. The van der Waals surface area contributed by atoms with Crippen LogP contribution in [0.3, 0.4) is 0 Å². The lowest BCUT2D eigenvalue weighted by Crippen LogP contribution is -1.95. The fourth-order valence-corrected chi connectivity index (χ4v) is 1.32. The number of nitrogen functional groups attached to an aromatic ring is 1. The highest BCUT2D eigenvalue weighted by Crippen LogP contribution is 2.19. The normalized spacial score (nSPS) is 9.16. The highest BCUT2D eigenvalue weighted by molar-refractivity contribution is 5.60. The topological polar surface area (TPSA) is 94.1 Å². The lowest BCUT2D eigenvalue weighted by Gasteiger charge is -2.05. The van der Waals surface area contributed by atoms with Gasteiger partial charge >= 0.3 is 0 Å². The molecule has 0 fully saturated rings. The molecule has 1 aromatic carbocycles. The summed E-state index contributed by atoms with van der Waals surface area (Å²) in [5.41, 5.74) is 6.97. The zero-order chi connectivity index (χ0) is 14.3. The van der Waals surface area contributed by atoms with Gasteiger partial charge in [-0.1, -0.05) is 13.8 Å². The fraction of sp³-hybridized carbons (Fsp3) is 0.154. The number of nitrogens with zero attached hydrogens (tertiary/aromatic N) is 2. The number of nitro groups is 1. The molecule has 2 aromatic rings. The monoisotopic (exact) mass is 260 g/mol. The van der Waals surface area contributed by atoms with Gasteiger partial charge in [-0.25, -0.2) is 4.98 Å². The summed E-state index contributed by atoms with van der Waals surface area (Å²) in [5, 5.41) is 13.5. The average molecular weight is 260 g/mol. The second kappa shape index (κ2) is 6.95. The smallest absolute Gasteiger partial charge is 0.274 e. The second-order valence-corrected chi connectivity index (χ2v) is 3.40. The van der Waals surface area contributed by atoms with Crippen molar-refractivity contribution in [2.24, 2.45) is 0 Å². The summed E-state index contributed by atoms with van der Waals surface area (Å²) in [6.45, 7) is 4.00. The van der Waals surface area contributed by atoms with E-state index in [-0.39, 0.29) is 5.69 Å².